The summed E-state index contributed by atoms with van der Waals surface area (Å²) in [6, 6.07) is 6.17. The molecule has 0 saturated carbocycles. The Morgan fingerprint density at radius 1 is 1.11 bits per heavy atom. The minimum absolute atomic E-state index is 0.214. The number of nitrogens with one attached hydrogen (secondary N) is 1. The van der Waals surface area contributed by atoms with Crippen molar-refractivity contribution in [1.29, 1.82) is 0 Å². The standard InChI is InChI=1S/C13H13N5S/c1-8(14-2)12-17-18-13(19-12)9-3-4-10-11(7-9)16-6-5-15-10/h3-8,14H,1-2H3. The van der Waals surface area contributed by atoms with Gasteiger partial charge in [0, 0.05) is 18.0 Å². The molecular weight excluding hydrogens is 258 g/mol. The summed E-state index contributed by atoms with van der Waals surface area (Å²) < 4.78 is 0. The van der Waals surface area contributed by atoms with Crippen LogP contribution >= 0.6 is 11.3 Å². The molecule has 0 saturated heterocycles. The molecule has 2 aromatic heterocycles. The van der Waals surface area contributed by atoms with Crippen LogP contribution in [-0.4, -0.2) is 27.2 Å². The van der Waals surface area contributed by atoms with Crippen molar-refractivity contribution in [2.75, 3.05) is 7.05 Å². The van der Waals surface area contributed by atoms with Gasteiger partial charge in [-0.15, -0.1) is 10.2 Å². The lowest BCUT2D eigenvalue weighted by Gasteiger charge is -2.03. The van der Waals surface area contributed by atoms with E-state index in [-0.39, 0.29) is 6.04 Å². The fourth-order valence-electron chi connectivity index (χ4n) is 1.75. The van der Waals surface area contributed by atoms with Crippen LogP contribution < -0.4 is 5.32 Å². The van der Waals surface area contributed by atoms with Crippen molar-refractivity contribution >= 4 is 22.4 Å². The monoisotopic (exact) mass is 271 g/mol. The van der Waals surface area contributed by atoms with Gasteiger partial charge in [-0.25, -0.2) is 0 Å². The first-order chi connectivity index (χ1) is 9.28. The molecule has 3 rings (SSSR count). The van der Waals surface area contributed by atoms with Gasteiger partial charge in [0.2, 0.25) is 0 Å². The smallest absolute Gasteiger partial charge is 0.147 e. The molecule has 2 heterocycles. The van der Waals surface area contributed by atoms with E-state index in [0.29, 0.717) is 0 Å². The van der Waals surface area contributed by atoms with E-state index in [2.05, 4.69) is 32.4 Å². The highest BCUT2D eigenvalue weighted by molar-refractivity contribution is 7.14. The average Bonchev–Trinajstić information content (AvgIpc) is 2.95. The van der Waals surface area contributed by atoms with Crippen LogP contribution in [0.1, 0.15) is 18.0 Å². The highest BCUT2D eigenvalue weighted by Crippen LogP contribution is 2.27. The number of nitrogens with zero attached hydrogens (tertiary/aromatic N) is 4. The van der Waals surface area contributed by atoms with Gasteiger partial charge in [-0.05, 0) is 32.2 Å². The van der Waals surface area contributed by atoms with Crippen molar-refractivity contribution in [2.24, 2.45) is 0 Å². The van der Waals surface area contributed by atoms with Crippen molar-refractivity contribution in [3.63, 3.8) is 0 Å². The third kappa shape index (κ3) is 2.32. The molecule has 6 heteroatoms. The van der Waals surface area contributed by atoms with Crippen LogP contribution in [0.3, 0.4) is 0 Å². The highest BCUT2D eigenvalue weighted by Gasteiger charge is 2.11. The largest absolute Gasteiger partial charge is 0.311 e. The van der Waals surface area contributed by atoms with E-state index in [1.54, 1.807) is 23.7 Å². The van der Waals surface area contributed by atoms with Crippen LogP contribution in [0.4, 0.5) is 0 Å². The number of rotatable bonds is 3. The summed E-state index contributed by atoms with van der Waals surface area (Å²) in [5.74, 6) is 0. The Bertz CT molecular complexity index is 709. The van der Waals surface area contributed by atoms with Crippen LogP contribution in [0.25, 0.3) is 21.6 Å². The lowest BCUT2D eigenvalue weighted by molar-refractivity contribution is 0.640. The number of benzene rings is 1. The third-order valence-corrected chi connectivity index (χ3v) is 4.12. The first kappa shape index (κ1) is 12.1. The van der Waals surface area contributed by atoms with Crippen molar-refractivity contribution in [2.45, 2.75) is 13.0 Å². The molecule has 0 aliphatic rings. The van der Waals surface area contributed by atoms with E-state index >= 15 is 0 Å². The van der Waals surface area contributed by atoms with Gasteiger partial charge < -0.3 is 5.32 Å². The minimum Gasteiger partial charge on any atom is -0.311 e. The molecule has 0 fully saturated rings. The molecule has 1 atom stereocenters. The Kier molecular flexibility index (Phi) is 3.18. The summed E-state index contributed by atoms with van der Waals surface area (Å²) in [5.41, 5.74) is 2.79. The summed E-state index contributed by atoms with van der Waals surface area (Å²) in [5, 5.41) is 13.5. The predicted octanol–water partition coefficient (Wildman–Crippen LogP) is 2.43. The highest BCUT2D eigenvalue weighted by atomic mass is 32.1. The number of hydrogen-bond donors (Lipinski definition) is 1. The van der Waals surface area contributed by atoms with Crippen molar-refractivity contribution < 1.29 is 0 Å². The molecule has 0 amide bonds. The molecule has 0 bridgehead atoms. The first-order valence-corrected chi connectivity index (χ1v) is 6.81. The lowest BCUT2D eigenvalue weighted by atomic mass is 10.2. The van der Waals surface area contributed by atoms with E-state index in [9.17, 15) is 0 Å². The normalized spacial score (nSPS) is 12.7. The van der Waals surface area contributed by atoms with Gasteiger partial charge in [-0.3, -0.25) is 9.97 Å². The maximum atomic E-state index is 4.31. The summed E-state index contributed by atoms with van der Waals surface area (Å²) in [6.07, 6.45) is 3.39. The Balaban J connectivity index is 2.01. The SMILES string of the molecule is CNC(C)c1nnc(-c2ccc3nccnc3c2)s1. The molecule has 1 N–H and O–H groups in total. The van der Waals surface area contributed by atoms with Crippen LogP contribution in [-0.2, 0) is 0 Å². The summed E-state index contributed by atoms with van der Waals surface area (Å²) in [7, 11) is 1.91. The molecule has 5 nitrogen and oxygen atoms in total. The van der Waals surface area contributed by atoms with Crippen LogP contribution in [0.5, 0.6) is 0 Å². The predicted molar refractivity (Wildman–Crippen MR) is 75.9 cm³/mol. The number of hydrogen-bond acceptors (Lipinski definition) is 6. The molecule has 19 heavy (non-hydrogen) atoms. The Labute approximate surface area is 114 Å². The van der Waals surface area contributed by atoms with Crippen LogP contribution in [0.2, 0.25) is 0 Å². The number of fused-ring (bicyclic) bond motifs is 1. The quantitative estimate of drug-likeness (QED) is 0.792. The van der Waals surface area contributed by atoms with Gasteiger partial charge in [-0.2, -0.15) is 0 Å². The van der Waals surface area contributed by atoms with Crippen LogP contribution in [0.15, 0.2) is 30.6 Å². The van der Waals surface area contributed by atoms with E-state index in [0.717, 1.165) is 26.6 Å². The topological polar surface area (TPSA) is 63.6 Å². The molecule has 0 aliphatic carbocycles. The molecule has 0 spiro atoms. The summed E-state index contributed by atoms with van der Waals surface area (Å²) in [6.45, 7) is 2.07. The first-order valence-electron chi connectivity index (χ1n) is 6.00. The van der Waals surface area contributed by atoms with E-state index in [1.165, 1.54) is 0 Å². The van der Waals surface area contributed by atoms with E-state index in [1.807, 2.05) is 25.2 Å². The Morgan fingerprint density at radius 3 is 2.68 bits per heavy atom. The second-order valence-electron chi connectivity index (χ2n) is 4.22. The van der Waals surface area contributed by atoms with Crippen LogP contribution in [0, 0.1) is 0 Å². The van der Waals surface area contributed by atoms with Gasteiger partial charge >= 0.3 is 0 Å². The molecular formula is C13H13N5S. The molecule has 1 unspecified atom stereocenters. The van der Waals surface area contributed by atoms with Crippen molar-refractivity contribution in [3.05, 3.63) is 35.6 Å². The lowest BCUT2D eigenvalue weighted by Crippen LogP contribution is -2.11. The molecule has 0 radical (unpaired) electrons. The molecule has 1 aromatic carbocycles. The van der Waals surface area contributed by atoms with Gasteiger partial charge in [0.15, 0.2) is 0 Å². The van der Waals surface area contributed by atoms with Gasteiger partial charge in [0.1, 0.15) is 10.0 Å². The van der Waals surface area contributed by atoms with E-state index < -0.39 is 0 Å². The van der Waals surface area contributed by atoms with Gasteiger partial charge in [0.05, 0.1) is 17.1 Å². The number of aromatic nitrogens is 4. The molecule has 3 aromatic rings. The molecule has 0 aliphatic heterocycles. The Hall–Kier alpha value is -1.92. The fourth-order valence-corrected chi connectivity index (χ4v) is 2.65. The van der Waals surface area contributed by atoms with Gasteiger partial charge in [-0.1, -0.05) is 11.3 Å². The average molecular weight is 271 g/mol. The second kappa shape index (κ2) is 4.99. The van der Waals surface area contributed by atoms with Crippen molar-refractivity contribution in [1.82, 2.24) is 25.5 Å². The Morgan fingerprint density at radius 2 is 1.89 bits per heavy atom. The van der Waals surface area contributed by atoms with Crippen molar-refractivity contribution in [3.8, 4) is 10.6 Å². The zero-order chi connectivity index (χ0) is 13.2. The van der Waals surface area contributed by atoms with E-state index in [4.69, 9.17) is 0 Å². The third-order valence-electron chi connectivity index (χ3n) is 2.96. The second-order valence-corrected chi connectivity index (χ2v) is 5.22. The summed E-state index contributed by atoms with van der Waals surface area (Å²) in [4.78, 5) is 8.56. The maximum absolute atomic E-state index is 4.31. The molecule has 96 valence electrons. The summed E-state index contributed by atoms with van der Waals surface area (Å²) >= 11 is 1.59. The maximum Gasteiger partial charge on any atom is 0.147 e. The minimum atomic E-state index is 0.214. The van der Waals surface area contributed by atoms with Gasteiger partial charge in [0.25, 0.3) is 0 Å². The fraction of sp³-hybridized carbons (Fsp3) is 0.231. The zero-order valence-corrected chi connectivity index (χ0v) is 11.5. The zero-order valence-electron chi connectivity index (χ0n) is 10.7.